The second-order valence-corrected chi connectivity index (χ2v) is 9.52. The smallest absolute Gasteiger partial charge is 0.417 e. The Morgan fingerprint density at radius 2 is 1.92 bits per heavy atom. The lowest BCUT2D eigenvalue weighted by Crippen LogP contribution is -2.30. The van der Waals surface area contributed by atoms with E-state index in [9.17, 15) is 18.0 Å². The van der Waals surface area contributed by atoms with E-state index in [0.29, 0.717) is 12.0 Å². The maximum atomic E-state index is 13.1. The highest BCUT2D eigenvalue weighted by atomic mass is 35.5. The van der Waals surface area contributed by atoms with Gasteiger partial charge in [0.05, 0.1) is 26.7 Å². The van der Waals surface area contributed by atoms with Crippen LogP contribution in [0.3, 0.4) is 0 Å². The first-order valence-corrected chi connectivity index (χ1v) is 11.7. The Hall–Kier alpha value is -2.82. The van der Waals surface area contributed by atoms with Gasteiger partial charge in [-0.15, -0.1) is 0 Å². The minimum absolute atomic E-state index is 0.0644. The molecule has 0 N–H and O–H groups in total. The van der Waals surface area contributed by atoms with Crippen LogP contribution in [-0.2, 0) is 11.0 Å². The lowest BCUT2D eigenvalue weighted by molar-refractivity contribution is -0.137. The third-order valence-electron chi connectivity index (χ3n) is 5.74. The highest BCUT2D eigenvalue weighted by molar-refractivity contribution is 6.36. The van der Waals surface area contributed by atoms with Crippen LogP contribution in [0.15, 0.2) is 35.1 Å². The number of fused-ring (bicyclic) bond motifs is 1. The predicted octanol–water partition coefficient (Wildman–Crippen LogP) is 7.17. The van der Waals surface area contributed by atoms with E-state index in [4.69, 9.17) is 45.4 Å². The molecule has 4 aromatic rings. The quantitative estimate of drug-likeness (QED) is 0.263. The molecular formula is C23H16Cl3F3N4O3. The molecule has 36 heavy (non-hydrogen) atoms. The van der Waals surface area contributed by atoms with Gasteiger partial charge in [-0.1, -0.05) is 46.9 Å². The number of Topliss-reactive ketones (excluding diaryl/α,β-unsaturated/α-hetero) is 1. The molecule has 0 radical (unpaired) electrons. The summed E-state index contributed by atoms with van der Waals surface area (Å²) >= 11 is 18.8. The van der Waals surface area contributed by atoms with Crippen LogP contribution in [0.5, 0.6) is 5.75 Å². The van der Waals surface area contributed by atoms with Crippen molar-refractivity contribution < 1.29 is 28.6 Å². The number of pyridine rings is 1. The summed E-state index contributed by atoms with van der Waals surface area (Å²) < 4.78 is 59.8. The van der Waals surface area contributed by atoms with E-state index < -0.39 is 17.6 Å². The highest BCUT2D eigenvalue weighted by Crippen LogP contribution is 2.38. The van der Waals surface area contributed by atoms with Gasteiger partial charge in [-0.05, 0) is 25.0 Å². The predicted molar refractivity (Wildman–Crippen MR) is 126 cm³/mol. The molecule has 0 aliphatic heterocycles. The summed E-state index contributed by atoms with van der Waals surface area (Å²) in [5.74, 6) is -1.08. The molecule has 3 aromatic heterocycles. The van der Waals surface area contributed by atoms with Crippen LogP contribution in [-0.4, -0.2) is 31.4 Å². The molecule has 1 unspecified atom stereocenters. The largest absolute Gasteiger partial charge is 0.489 e. The van der Waals surface area contributed by atoms with Gasteiger partial charge in [-0.2, -0.15) is 18.2 Å². The third kappa shape index (κ3) is 4.77. The SMILES string of the molecule is [2H]C1(C)C[C@@H](Oc2cc(Cl)c(-c3noc(-c4cn5cc(C(F)(F)F)cc(Cl)c5n4)n3)cc2Cl)CCC1=O. The molecule has 5 rings (SSSR count). The van der Waals surface area contributed by atoms with Gasteiger partial charge in [0.1, 0.15) is 17.2 Å². The Morgan fingerprint density at radius 1 is 1.14 bits per heavy atom. The van der Waals surface area contributed by atoms with Crippen molar-refractivity contribution in [3.63, 3.8) is 0 Å². The first-order chi connectivity index (χ1) is 17.3. The Kier molecular flexibility index (Phi) is 6.05. The van der Waals surface area contributed by atoms with Gasteiger partial charge < -0.3 is 13.7 Å². The van der Waals surface area contributed by atoms with Crippen LogP contribution in [0.25, 0.3) is 28.6 Å². The molecule has 2 atom stereocenters. The fourth-order valence-corrected chi connectivity index (χ4v) is 4.59. The summed E-state index contributed by atoms with van der Waals surface area (Å²) in [5, 5.41) is 4.09. The molecule has 7 nitrogen and oxygen atoms in total. The topological polar surface area (TPSA) is 82.5 Å². The van der Waals surface area contributed by atoms with Gasteiger partial charge in [0.15, 0.2) is 5.65 Å². The number of nitrogens with zero attached hydrogens (tertiary/aromatic N) is 4. The van der Waals surface area contributed by atoms with Crippen molar-refractivity contribution in [2.75, 3.05) is 0 Å². The minimum Gasteiger partial charge on any atom is -0.489 e. The number of ether oxygens (including phenoxy) is 1. The maximum absolute atomic E-state index is 13.1. The summed E-state index contributed by atoms with van der Waals surface area (Å²) in [6.45, 7) is 1.56. The zero-order valence-corrected chi connectivity index (χ0v) is 20.6. The van der Waals surface area contributed by atoms with Crippen molar-refractivity contribution in [2.24, 2.45) is 5.89 Å². The van der Waals surface area contributed by atoms with Crippen molar-refractivity contribution in [2.45, 2.75) is 38.5 Å². The average Bonchev–Trinajstić information content (AvgIpc) is 3.45. The summed E-state index contributed by atoms with van der Waals surface area (Å²) in [7, 11) is 0. The third-order valence-corrected chi connectivity index (χ3v) is 6.62. The molecule has 0 saturated heterocycles. The Morgan fingerprint density at radius 3 is 2.64 bits per heavy atom. The first-order valence-electron chi connectivity index (χ1n) is 11.1. The standard InChI is InChI=1S/C23H16Cl3F3N4O3/c1-10-4-12(2-3-18(10)34)35-19-7-14(24)13(6-15(19)25)20-31-22(36-32-20)17-9-33-8-11(23(27,28)29)5-16(26)21(33)30-17/h5-10,12H,2-4H2,1H3/t10?,12-/m0/s1/i10D. The van der Waals surface area contributed by atoms with Crippen molar-refractivity contribution in [1.82, 2.24) is 19.5 Å². The Bertz CT molecular complexity index is 1540. The molecule has 13 heteroatoms. The van der Waals surface area contributed by atoms with Gasteiger partial charge in [0, 0.05) is 37.7 Å². The number of alkyl halides is 3. The molecule has 0 spiro atoms. The minimum atomic E-state index is -4.58. The van der Waals surface area contributed by atoms with E-state index in [0.717, 1.165) is 16.7 Å². The zero-order chi connectivity index (χ0) is 26.7. The number of imidazole rings is 1. The normalized spacial score (nSPS) is 21.1. The van der Waals surface area contributed by atoms with Crippen LogP contribution >= 0.6 is 34.8 Å². The Labute approximate surface area is 218 Å². The lowest BCUT2D eigenvalue weighted by Gasteiger charge is -2.27. The fraction of sp³-hybridized carbons (Fsp3) is 0.304. The van der Waals surface area contributed by atoms with Gasteiger partial charge in [-0.25, -0.2) is 4.98 Å². The number of benzene rings is 1. The number of hydrogen-bond acceptors (Lipinski definition) is 6. The molecule has 1 aromatic carbocycles. The molecule has 1 aliphatic rings. The second-order valence-electron chi connectivity index (χ2n) is 8.30. The van der Waals surface area contributed by atoms with Crippen molar-refractivity contribution in [3.8, 4) is 28.7 Å². The molecule has 1 aliphatic carbocycles. The zero-order valence-electron chi connectivity index (χ0n) is 19.4. The van der Waals surface area contributed by atoms with Crippen LogP contribution in [0, 0.1) is 5.89 Å². The van der Waals surface area contributed by atoms with Gasteiger partial charge >= 0.3 is 6.18 Å². The number of carbonyl (C=O) groups excluding carboxylic acids is 1. The van der Waals surface area contributed by atoms with Crippen LogP contribution in [0.1, 0.15) is 33.1 Å². The van der Waals surface area contributed by atoms with Gasteiger partial charge in [0.25, 0.3) is 5.89 Å². The van der Waals surface area contributed by atoms with E-state index in [1.165, 1.54) is 18.3 Å². The second kappa shape index (κ2) is 9.24. The van der Waals surface area contributed by atoms with E-state index in [1.807, 2.05) is 0 Å². The number of rotatable bonds is 4. The molecular weight excluding hydrogens is 544 g/mol. The number of carbonyl (C=O) groups is 1. The average molecular weight is 561 g/mol. The number of hydrogen-bond donors (Lipinski definition) is 0. The summed E-state index contributed by atoms with van der Waals surface area (Å²) in [6.07, 6.45) is -1.89. The summed E-state index contributed by atoms with van der Waals surface area (Å²) in [4.78, 5) is 20.3. The summed E-state index contributed by atoms with van der Waals surface area (Å²) in [5.41, 5.74) is -0.428. The molecule has 188 valence electrons. The number of ketones is 1. The van der Waals surface area contributed by atoms with Crippen LogP contribution in [0.4, 0.5) is 13.2 Å². The van der Waals surface area contributed by atoms with E-state index in [-0.39, 0.29) is 68.6 Å². The Balaban J connectivity index is 1.41. The molecule has 3 heterocycles. The number of halogens is 6. The van der Waals surface area contributed by atoms with Gasteiger partial charge in [-0.3, -0.25) is 4.79 Å². The monoisotopic (exact) mass is 559 g/mol. The lowest BCUT2D eigenvalue weighted by atomic mass is 9.87. The van der Waals surface area contributed by atoms with E-state index in [2.05, 4.69) is 15.1 Å². The van der Waals surface area contributed by atoms with Gasteiger partial charge in [0.2, 0.25) is 5.82 Å². The first kappa shape index (κ1) is 23.6. The van der Waals surface area contributed by atoms with Crippen molar-refractivity contribution >= 4 is 46.2 Å². The molecule has 0 bridgehead atoms. The van der Waals surface area contributed by atoms with E-state index in [1.54, 1.807) is 6.92 Å². The maximum Gasteiger partial charge on any atom is 0.417 e. The molecule has 1 fully saturated rings. The fourth-order valence-electron chi connectivity index (χ4n) is 3.89. The van der Waals surface area contributed by atoms with Crippen molar-refractivity contribution in [1.29, 1.82) is 0 Å². The van der Waals surface area contributed by atoms with Crippen LogP contribution < -0.4 is 4.74 Å². The highest BCUT2D eigenvalue weighted by Gasteiger charge is 2.32. The van der Waals surface area contributed by atoms with Crippen LogP contribution in [0.2, 0.25) is 15.1 Å². The molecule has 1 saturated carbocycles. The molecule has 0 amide bonds. The number of aromatic nitrogens is 4. The van der Waals surface area contributed by atoms with Crippen molar-refractivity contribution in [3.05, 3.63) is 51.2 Å². The van der Waals surface area contributed by atoms with E-state index >= 15 is 0 Å². The summed E-state index contributed by atoms with van der Waals surface area (Å²) in [6, 6.07) is 3.75.